The Kier molecular flexibility index (Phi) is 5.79. The fourth-order valence-electron chi connectivity index (χ4n) is 4.26. The van der Waals surface area contributed by atoms with Crippen molar-refractivity contribution >= 4 is 22.6 Å². The first-order valence-electron chi connectivity index (χ1n) is 11.8. The van der Waals surface area contributed by atoms with Crippen molar-refractivity contribution in [1.29, 1.82) is 0 Å². The molecule has 170 valence electrons. The number of benzene rings is 3. The maximum absolute atomic E-state index is 13.5. The SMILES string of the molecule is COc1ccc2cc([C@H](C)C(=O)N(Cc3ccc(C(=O)NC4CC4)cc3)C3CC3)ccc2c1. The number of rotatable bonds is 8. The van der Waals surface area contributed by atoms with Crippen LogP contribution in [-0.4, -0.2) is 35.9 Å². The van der Waals surface area contributed by atoms with E-state index in [0.717, 1.165) is 53.3 Å². The molecule has 1 atom stereocenters. The average molecular weight is 443 g/mol. The fourth-order valence-corrected chi connectivity index (χ4v) is 4.26. The van der Waals surface area contributed by atoms with Gasteiger partial charge in [-0.1, -0.05) is 36.4 Å². The molecular formula is C28H30N2O3. The van der Waals surface area contributed by atoms with Gasteiger partial charge in [0.05, 0.1) is 13.0 Å². The highest BCUT2D eigenvalue weighted by atomic mass is 16.5. The largest absolute Gasteiger partial charge is 0.497 e. The van der Waals surface area contributed by atoms with E-state index in [1.54, 1.807) is 7.11 Å². The Bertz CT molecular complexity index is 1180. The van der Waals surface area contributed by atoms with Crippen LogP contribution in [-0.2, 0) is 11.3 Å². The van der Waals surface area contributed by atoms with Gasteiger partial charge in [-0.15, -0.1) is 0 Å². The highest BCUT2D eigenvalue weighted by Gasteiger charge is 2.35. The summed E-state index contributed by atoms with van der Waals surface area (Å²) < 4.78 is 5.32. The number of hydrogen-bond donors (Lipinski definition) is 1. The van der Waals surface area contributed by atoms with E-state index in [9.17, 15) is 9.59 Å². The number of ether oxygens (including phenoxy) is 1. The van der Waals surface area contributed by atoms with Crippen molar-refractivity contribution in [1.82, 2.24) is 10.2 Å². The summed E-state index contributed by atoms with van der Waals surface area (Å²) in [6.07, 6.45) is 4.26. The number of amides is 2. The number of carbonyl (C=O) groups excluding carboxylic acids is 2. The van der Waals surface area contributed by atoms with E-state index in [1.807, 2.05) is 60.4 Å². The highest BCUT2D eigenvalue weighted by Crippen LogP contribution is 2.33. The lowest BCUT2D eigenvalue weighted by Crippen LogP contribution is -2.35. The first-order valence-corrected chi connectivity index (χ1v) is 11.8. The van der Waals surface area contributed by atoms with E-state index < -0.39 is 0 Å². The van der Waals surface area contributed by atoms with Gasteiger partial charge >= 0.3 is 0 Å². The molecule has 2 saturated carbocycles. The average Bonchev–Trinajstić information content (AvgIpc) is 3.77. The van der Waals surface area contributed by atoms with Gasteiger partial charge in [0.25, 0.3) is 5.91 Å². The van der Waals surface area contributed by atoms with Crippen molar-refractivity contribution in [3.05, 3.63) is 77.4 Å². The third kappa shape index (κ3) is 4.87. The molecule has 0 aromatic heterocycles. The molecule has 2 fully saturated rings. The van der Waals surface area contributed by atoms with Crippen LogP contribution < -0.4 is 10.1 Å². The number of fused-ring (bicyclic) bond motifs is 1. The Balaban J connectivity index is 1.30. The monoisotopic (exact) mass is 442 g/mol. The van der Waals surface area contributed by atoms with Gasteiger partial charge in [0.15, 0.2) is 0 Å². The Hall–Kier alpha value is -3.34. The molecular weight excluding hydrogens is 412 g/mol. The third-order valence-corrected chi connectivity index (χ3v) is 6.69. The van der Waals surface area contributed by atoms with Gasteiger partial charge in [-0.25, -0.2) is 0 Å². The number of carbonyl (C=O) groups is 2. The van der Waals surface area contributed by atoms with Gasteiger partial charge in [-0.2, -0.15) is 0 Å². The van der Waals surface area contributed by atoms with Crippen LogP contribution in [0.3, 0.4) is 0 Å². The first kappa shape index (κ1) is 21.5. The Morgan fingerprint density at radius 1 is 0.970 bits per heavy atom. The zero-order valence-corrected chi connectivity index (χ0v) is 19.2. The van der Waals surface area contributed by atoms with Crippen molar-refractivity contribution in [3.8, 4) is 5.75 Å². The summed E-state index contributed by atoms with van der Waals surface area (Å²) in [7, 11) is 1.67. The third-order valence-electron chi connectivity index (χ3n) is 6.69. The topological polar surface area (TPSA) is 58.6 Å². The number of nitrogens with zero attached hydrogens (tertiary/aromatic N) is 1. The molecule has 5 rings (SSSR count). The molecule has 3 aromatic rings. The predicted molar refractivity (Wildman–Crippen MR) is 129 cm³/mol. The second kappa shape index (κ2) is 8.89. The van der Waals surface area contributed by atoms with E-state index in [0.29, 0.717) is 24.2 Å². The van der Waals surface area contributed by atoms with Crippen LogP contribution in [0.4, 0.5) is 0 Å². The summed E-state index contributed by atoms with van der Waals surface area (Å²) in [4.78, 5) is 27.8. The van der Waals surface area contributed by atoms with Crippen molar-refractivity contribution in [2.45, 2.75) is 57.2 Å². The van der Waals surface area contributed by atoms with E-state index in [2.05, 4.69) is 17.4 Å². The lowest BCUT2D eigenvalue weighted by atomic mass is 9.96. The van der Waals surface area contributed by atoms with Crippen molar-refractivity contribution in [2.24, 2.45) is 0 Å². The van der Waals surface area contributed by atoms with Crippen molar-refractivity contribution in [2.75, 3.05) is 7.11 Å². The summed E-state index contributed by atoms with van der Waals surface area (Å²) in [5.74, 6) is 0.749. The summed E-state index contributed by atoms with van der Waals surface area (Å²) in [6, 6.07) is 20.5. The number of methoxy groups -OCH3 is 1. The Labute approximate surface area is 194 Å². The number of hydrogen-bond acceptors (Lipinski definition) is 3. The van der Waals surface area contributed by atoms with Gasteiger partial charge in [0, 0.05) is 24.2 Å². The van der Waals surface area contributed by atoms with Gasteiger partial charge < -0.3 is 15.0 Å². The van der Waals surface area contributed by atoms with E-state index in [4.69, 9.17) is 4.74 Å². The van der Waals surface area contributed by atoms with Gasteiger partial charge in [0.2, 0.25) is 5.91 Å². The molecule has 33 heavy (non-hydrogen) atoms. The Morgan fingerprint density at radius 2 is 1.67 bits per heavy atom. The second-order valence-electron chi connectivity index (χ2n) is 9.34. The molecule has 0 bridgehead atoms. The van der Waals surface area contributed by atoms with Crippen LogP contribution in [0, 0.1) is 0 Å². The molecule has 2 aliphatic rings. The maximum Gasteiger partial charge on any atom is 0.251 e. The smallest absolute Gasteiger partial charge is 0.251 e. The molecule has 0 aliphatic heterocycles. The molecule has 5 nitrogen and oxygen atoms in total. The van der Waals surface area contributed by atoms with Crippen LogP contribution in [0.5, 0.6) is 5.75 Å². The standard InChI is InChI=1S/C28H30N2O3/c1-18(21-7-8-23-16-26(33-2)14-9-22(23)15-21)28(32)30(25-12-13-25)17-19-3-5-20(6-4-19)27(31)29-24-10-11-24/h3-9,14-16,18,24-25H,10-13,17H2,1-2H3,(H,29,31)/t18-/m0/s1. The Morgan fingerprint density at radius 3 is 2.33 bits per heavy atom. The maximum atomic E-state index is 13.5. The molecule has 3 aromatic carbocycles. The zero-order valence-electron chi connectivity index (χ0n) is 19.2. The highest BCUT2D eigenvalue weighted by molar-refractivity contribution is 5.94. The van der Waals surface area contributed by atoms with E-state index in [1.165, 1.54) is 0 Å². The molecule has 2 aliphatic carbocycles. The summed E-state index contributed by atoms with van der Waals surface area (Å²) in [5, 5.41) is 5.22. The molecule has 0 radical (unpaired) electrons. The summed E-state index contributed by atoms with van der Waals surface area (Å²) in [6.45, 7) is 2.57. The minimum absolute atomic E-state index is 0.0123. The normalized spacial score (nSPS) is 16.3. The minimum Gasteiger partial charge on any atom is -0.497 e. The van der Waals surface area contributed by atoms with Crippen molar-refractivity contribution < 1.29 is 14.3 Å². The van der Waals surface area contributed by atoms with Gasteiger partial charge in [-0.3, -0.25) is 9.59 Å². The van der Waals surface area contributed by atoms with Gasteiger partial charge in [0.1, 0.15) is 5.75 Å². The summed E-state index contributed by atoms with van der Waals surface area (Å²) >= 11 is 0. The van der Waals surface area contributed by atoms with Crippen LogP contribution in [0.25, 0.3) is 10.8 Å². The predicted octanol–water partition coefficient (Wildman–Crippen LogP) is 5.04. The zero-order chi connectivity index (χ0) is 22.9. The van der Waals surface area contributed by atoms with Crippen LogP contribution in [0.1, 0.15) is 60.0 Å². The lowest BCUT2D eigenvalue weighted by molar-refractivity contribution is -0.133. The minimum atomic E-state index is -0.222. The summed E-state index contributed by atoms with van der Waals surface area (Å²) in [5.41, 5.74) is 2.75. The number of nitrogens with one attached hydrogen (secondary N) is 1. The van der Waals surface area contributed by atoms with Crippen LogP contribution >= 0.6 is 0 Å². The first-order chi connectivity index (χ1) is 16.0. The van der Waals surface area contributed by atoms with Gasteiger partial charge in [-0.05, 0) is 78.8 Å². The fraction of sp³-hybridized carbons (Fsp3) is 0.357. The molecule has 5 heteroatoms. The molecule has 2 amide bonds. The van der Waals surface area contributed by atoms with Crippen molar-refractivity contribution in [3.63, 3.8) is 0 Å². The van der Waals surface area contributed by atoms with Crippen LogP contribution in [0.2, 0.25) is 0 Å². The molecule has 0 saturated heterocycles. The molecule has 1 N–H and O–H groups in total. The van der Waals surface area contributed by atoms with E-state index >= 15 is 0 Å². The molecule has 0 heterocycles. The quantitative estimate of drug-likeness (QED) is 0.532. The molecule has 0 unspecified atom stereocenters. The van der Waals surface area contributed by atoms with Crippen LogP contribution in [0.15, 0.2) is 60.7 Å². The molecule has 0 spiro atoms. The van der Waals surface area contributed by atoms with E-state index in [-0.39, 0.29) is 17.7 Å². The lowest BCUT2D eigenvalue weighted by Gasteiger charge is -2.26. The second-order valence-corrected chi connectivity index (χ2v) is 9.34.